The molecule has 0 aliphatic heterocycles. The molecule has 0 radical (unpaired) electrons. The van der Waals surface area contributed by atoms with E-state index in [4.69, 9.17) is 0 Å². The number of halogens is 2. The van der Waals surface area contributed by atoms with Gasteiger partial charge < -0.3 is 0 Å². The summed E-state index contributed by atoms with van der Waals surface area (Å²) in [4.78, 5) is 0. The van der Waals surface area contributed by atoms with Crippen LogP contribution in [0.4, 0.5) is 0 Å². The molecule has 0 saturated carbocycles. The first-order valence-corrected chi connectivity index (χ1v) is 7.71. The van der Waals surface area contributed by atoms with Crippen molar-refractivity contribution in [3.8, 4) is 0 Å². The third kappa shape index (κ3) is 8.98. The SMILES string of the molecule is S=S(I)I. The van der Waals surface area contributed by atoms with E-state index in [1.54, 1.807) is 0 Å². The summed E-state index contributed by atoms with van der Waals surface area (Å²) in [6, 6.07) is 0. The Morgan fingerprint density at radius 2 is 1.50 bits per heavy atom. The molecule has 0 rings (SSSR count). The van der Waals surface area contributed by atoms with Gasteiger partial charge in [0.2, 0.25) is 0 Å². The summed E-state index contributed by atoms with van der Waals surface area (Å²) in [6.07, 6.45) is 0. The van der Waals surface area contributed by atoms with Gasteiger partial charge in [0, 0.05) is 46.2 Å². The average molecular weight is 318 g/mol. The van der Waals surface area contributed by atoms with Crippen LogP contribution < -0.4 is 0 Å². The van der Waals surface area contributed by atoms with E-state index in [2.05, 4.69) is 53.6 Å². The molecule has 0 aromatic heterocycles. The van der Waals surface area contributed by atoms with Gasteiger partial charge in [-0.3, -0.25) is 0 Å². The molecule has 0 spiro atoms. The highest BCUT2D eigenvalue weighted by Gasteiger charge is 1.59. The van der Waals surface area contributed by atoms with E-state index in [9.17, 15) is 0 Å². The maximum absolute atomic E-state index is 4.62. The van der Waals surface area contributed by atoms with Crippen LogP contribution in [0.25, 0.3) is 0 Å². The number of hydrogen-bond donors (Lipinski definition) is 0. The van der Waals surface area contributed by atoms with E-state index in [1.165, 1.54) is 0 Å². The normalized spacial score (nSPS) is 8.75. The van der Waals surface area contributed by atoms with E-state index >= 15 is 0 Å². The molecule has 0 aromatic carbocycles. The quantitative estimate of drug-likeness (QED) is 0.485. The maximum Gasteiger partial charge on any atom is 0.0122 e. The van der Waals surface area contributed by atoms with Gasteiger partial charge in [0.05, 0.1) is 0 Å². The molecule has 0 atom stereocenters. The summed E-state index contributed by atoms with van der Waals surface area (Å²) in [7, 11) is 0. The van der Waals surface area contributed by atoms with Crippen molar-refractivity contribution in [3.05, 3.63) is 0 Å². The fourth-order valence-corrected chi connectivity index (χ4v) is 0. The first-order valence-electron chi connectivity index (χ1n) is 0.475. The number of rotatable bonds is 0. The van der Waals surface area contributed by atoms with Gasteiger partial charge in [-0.1, -0.05) is 0 Å². The van der Waals surface area contributed by atoms with E-state index in [0.29, 0.717) is 0 Å². The van der Waals surface area contributed by atoms with Crippen LogP contribution in [0.1, 0.15) is 0 Å². The van der Waals surface area contributed by atoms with Gasteiger partial charge in [0.25, 0.3) is 0 Å². The Balaban J connectivity index is 2.80. The summed E-state index contributed by atoms with van der Waals surface area (Å²) in [6.45, 7) is 0. The molecule has 0 bridgehead atoms. The van der Waals surface area contributed by atoms with Crippen molar-refractivity contribution in [3.63, 3.8) is 0 Å². The minimum atomic E-state index is 0.162. The van der Waals surface area contributed by atoms with Gasteiger partial charge in [0.1, 0.15) is 0 Å². The average Bonchev–Trinajstić information content (AvgIpc) is 0.811. The zero-order valence-corrected chi connectivity index (χ0v) is 7.52. The van der Waals surface area contributed by atoms with Gasteiger partial charge in [-0.15, -0.1) is 0 Å². The lowest BCUT2D eigenvalue weighted by Crippen LogP contribution is -1.30. The predicted octanol–water partition coefficient (Wildman–Crippen LogP) is 1.77. The Bertz CT molecular complexity index is 27.0. The highest BCUT2D eigenvalue weighted by Crippen LogP contribution is 2.02. The van der Waals surface area contributed by atoms with Gasteiger partial charge in [0.15, 0.2) is 0 Å². The molecule has 4 heavy (non-hydrogen) atoms. The highest BCUT2D eigenvalue weighted by molar-refractivity contribution is 14.3. The Morgan fingerprint density at radius 1 is 1.50 bits per heavy atom. The summed E-state index contributed by atoms with van der Waals surface area (Å²) in [5, 5.41) is 0. The first kappa shape index (κ1) is 6.03. The Morgan fingerprint density at radius 3 is 1.50 bits per heavy atom. The van der Waals surface area contributed by atoms with Crippen molar-refractivity contribution in [2.75, 3.05) is 0 Å². The third-order valence-corrected chi connectivity index (χ3v) is 0. The molecule has 0 nitrogen and oxygen atoms in total. The first-order chi connectivity index (χ1) is 1.73. The van der Waals surface area contributed by atoms with E-state index < -0.39 is 0 Å². The van der Waals surface area contributed by atoms with Crippen molar-refractivity contribution in [1.29, 1.82) is 0 Å². The van der Waals surface area contributed by atoms with E-state index in [1.807, 2.05) is 0 Å². The maximum atomic E-state index is 4.62. The second kappa shape index (κ2) is 3.23. The predicted molar refractivity (Wildman–Crippen MR) is 42.8 cm³/mol. The molecule has 0 aromatic rings. The lowest BCUT2D eigenvalue weighted by molar-refractivity contribution is 6.51. The van der Waals surface area contributed by atoms with Gasteiger partial charge in [-0.05, 0) is 11.2 Å². The molecule has 0 unspecified atom stereocenters. The topological polar surface area (TPSA) is 0 Å². The van der Waals surface area contributed by atoms with Crippen molar-refractivity contribution >= 4 is 57.4 Å². The molecule has 0 fully saturated rings. The monoisotopic (exact) mass is 318 g/mol. The zero-order valence-electron chi connectivity index (χ0n) is 1.57. The Hall–Kier alpha value is 2.03. The fraction of sp³-hybridized carbons (Fsp3) is 0. The summed E-state index contributed by atoms with van der Waals surface area (Å²) in [5.74, 6) is 0. The lowest BCUT2D eigenvalue weighted by Gasteiger charge is -1.58. The van der Waals surface area contributed by atoms with Crippen LogP contribution in [0.2, 0.25) is 0 Å². The minimum Gasteiger partial charge on any atom is -0.0296 e. The highest BCUT2D eigenvalue weighted by atomic mass is 127. The second-order valence-electron chi connectivity index (χ2n) is 0.184. The minimum absolute atomic E-state index is 0.162. The summed E-state index contributed by atoms with van der Waals surface area (Å²) < 4.78 is 0.162. The molecule has 4 heteroatoms. The van der Waals surface area contributed by atoms with Crippen LogP contribution in [0.15, 0.2) is 0 Å². The Labute approximate surface area is 56.5 Å². The summed E-state index contributed by atoms with van der Waals surface area (Å²) in [5.41, 5.74) is 0. The zero-order chi connectivity index (χ0) is 3.58. The summed E-state index contributed by atoms with van der Waals surface area (Å²) >= 11 is 8.97. The van der Waals surface area contributed by atoms with Crippen LogP contribution >= 0.6 is 42.4 Å². The molecule has 0 aliphatic rings. The van der Waals surface area contributed by atoms with Crippen LogP contribution in [0.5, 0.6) is 0 Å². The van der Waals surface area contributed by atoms with Crippen molar-refractivity contribution < 1.29 is 0 Å². The van der Waals surface area contributed by atoms with Crippen LogP contribution in [-0.2, 0) is 15.0 Å². The molecule has 0 amide bonds. The fourth-order valence-electron chi connectivity index (χ4n) is 0. The van der Waals surface area contributed by atoms with Gasteiger partial charge in [-0.25, -0.2) is 0 Å². The number of hydrogen-bond acceptors (Lipinski definition) is 1. The molecule has 0 saturated heterocycles. The molecule has 26 valence electrons. The third-order valence-electron chi connectivity index (χ3n) is 0. The Kier molecular flexibility index (Phi) is 4.87. The standard InChI is InChI=1S/I2S2/c1-4(2)3. The van der Waals surface area contributed by atoms with Gasteiger partial charge >= 0.3 is 0 Å². The molecular formula is I2S2. The molecular weight excluding hydrogens is 318 g/mol. The van der Waals surface area contributed by atoms with E-state index in [0.717, 1.165) is 0 Å². The van der Waals surface area contributed by atoms with Crippen LogP contribution in [0.3, 0.4) is 0 Å². The van der Waals surface area contributed by atoms with Crippen LogP contribution in [-0.4, -0.2) is 0 Å². The van der Waals surface area contributed by atoms with Gasteiger partial charge in [-0.2, -0.15) is 0 Å². The largest absolute Gasteiger partial charge is 0.0296 e. The molecule has 0 aliphatic carbocycles. The van der Waals surface area contributed by atoms with Crippen molar-refractivity contribution in [1.82, 2.24) is 0 Å². The van der Waals surface area contributed by atoms with Crippen LogP contribution in [0, 0.1) is 0 Å². The second-order valence-corrected chi connectivity index (χ2v) is 15.5. The smallest absolute Gasteiger partial charge is 0.0122 e. The molecule has 0 N–H and O–H groups in total. The molecule has 0 heterocycles. The van der Waals surface area contributed by atoms with Crippen molar-refractivity contribution in [2.24, 2.45) is 0 Å². The van der Waals surface area contributed by atoms with Crippen molar-refractivity contribution in [2.45, 2.75) is 0 Å². The van der Waals surface area contributed by atoms with E-state index in [-0.39, 0.29) is 3.80 Å². The lowest BCUT2D eigenvalue weighted by atomic mass is 31.3.